The Morgan fingerprint density at radius 3 is 2.58 bits per heavy atom. The highest BCUT2D eigenvalue weighted by atomic mass is 32.2. The molecule has 0 spiro atoms. The van der Waals surface area contributed by atoms with Gasteiger partial charge in [0.15, 0.2) is 5.82 Å². The molecule has 2 aromatic rings. The molecule has 0 bridgehead atoms. The molecule has 1 aromatic heterocycles. The van der Waals surface area contributed by atoms with Crippen molar-refractivity contribution in [1.29, 1.82) is 0 Å². The second kappa shape index (κ2) is 8.39. The summed E-state index contributed by atoms with van der Waals surface area (Å²) in [7, 11) is 1.58. The van der Waals surface area contributed by atoms with E-state index in [1.807, 2.05) is 0 Å². The molecule has 0 unspecified atom stereocenters. The second-order valence-electron chi connectivity index (χ2n) is 5.04. The minimum atomic E-state index is -0.399. The molecule has 0 aliphatic rings. The lowest BCUT2D eigenvalue weighted by Crippen LogP contribution is -2.25. The molecule has 1 aromatic carbocycles. The molecule has 1 heterocycles. The molecule has 8 heteroatoms. The molecule has 1 atom stereocenters. The Hall–Kier alpha value is -2.48. The molecule has 128 valence electrons. The van der Waals surface area contributed by atoms with Crippen molar-refractivity contribution >= 4 is 35.1 Å². The molecule has 0 radical (unpaired) electrons. The summed E-state index contributed by atoms with van der Waals surface area (Å²) >= 11 is 1.24. The van der Waals surface area contributed by atoms with Crippen LogP contribution < -0.4 is 15.4 Å². The highest BCUT2D eigenvalue weighted by molar-refractivity contribution is 8.01. The third-order valence-corrected chi connectivity index (χ3v) is 4.23. The fraction of sp³-hybridized carbons (Fsp3) is 0.312. The van der Waals surface area contributed by atoms with Crippen LogP contribution in [0.3, 0.4) is 0 Å². The number of amides is 2. The fourth-order valence-corrected chi connectivity index (χ4v) is 2.48. The van der Waals surface area contributed by atoms with Gasteiger partial charge in [0, 0.05) is 11.8 Å². The van der Waals surface area contributed by atoms with Crippen LogP contribution in [0.5, 0.6) is 5.75 Å². The molecule has 0 aliphatic heterocycles. The van der Waals surface area contributed by atoms with Crippen molar-refractivity contribution < 1.29 is 18.8 Å². The molecular weight excluding hydrogens is 330 g/mol. The van der Waals surface area contributed by atoms with E-state index in [0.717, 1.165) is 5.75 Å². The third-order valence-electron chi connectivity index (χ3n) is 3.09. The van der Waals surface area contributed by atoms with E-state index in [1.165, 1.54) is 11.8 Å². The van der Waals surface area contributed by atoms with E-state index in [-0.39, 0.29) is 17.6 Å². The number of hydrogen-bond donors (Lipinski definition) is 2. The summed E-state index contributed by atoms with van der Waals surface area (Å²) in [6.07, 6.45) is 0. The molecule has 2 N–H and O–H groups in total. The number of aromatic nitrogens is 1. The lowest BCUT2D eigenvalue weighted by atomic mass is 10.3. The van der Waals surface area contributed by atoms with Crippen LogP contribution in [0, 0.1) is 6.92 Å². The van der Waals surface area contributed by atoms with E-state index in [9.17, 15) is 9.59 Å². The van der Waals surface area contributed by atoms with Gasteiger partial charge in [-0.3, -0.25) is 9.59 Å². The molecular formula is C16H19N3O4S. The zero-order valence-corrected chi connectivity index (χ0v) is 14.5. The van der Waals surface area contributed by atoms with Crippen molar-refractivity contribution in [3.05, 3.63) is 36.1 Å². The Bertz CT molecular complexity index is 700. The van der Waals surface area contributed by atoms with Gasteiger partial charge >= 0.3 is 0 Å². The van der Waals surface area contributed by atoms with Gasteiger partial charge in [-0.05, 0) is 38.1 Å². The lowest BCUT2D eigenvalue weighted by Gasteiger charge is -2.10. The average molecular weight is 349 g/mol. The quantitative estimate of drug-likeness (QED) is 0.798. The molecule has 2 amide bonds. The van der Waals surface area contributed by atoms with E-state index in [2.05, 4.69) is 15.8 Å². The standard InChI is InChI=1S/C16H19N3O4S/c1-10-8-14(19-23-10)18-16(21)11(2)24-9-15(20)17-12-4-6-13(22-3)7-5-12/h4-8,11H,9H2,1-3H3,(H,17,20)(H,18,19,21)/t11-/m1/s1. The Morgan fingerprint density at radius 1 is 1.29 bits per heavy atom. The maximum atomic E-state index is 12.0. The number of benzene rings is 1. The first-order chi connectivity index (χ1) is 11.5. The van der Waals surface area contributed by atoms with Crippen molar-refractivity contribution in [2.45, 2.75) is 19.1 Å². The Labute approximate surface area is 144 Å². The normalized spacial score (nSPS) is 11.6. The summed E-state index contributed by atoms with van der Waals surface area (Å²) in [5, 5.41) is 8.70. The first-order valence-electron chi connectivity index (χ1n) is 7.27. The number of nitrogens with one attached hydrogen (secondary N) is 2. The Kier molecular flexibility index (Phi) is 6.25. The van der Waals surface area contributed by atoms with Crippen LogP contribution in [0.2, 0.25) is 0 Å². The number of thioether (sulfide) groups is 1. The van der Waals surface area contributed by atoms with Crippen molar-refractivity contribution in [3.63, 3.8) is 0 Å². The summed E-state index contributed by atoms with van der Waals surface area (Å²) in [5.41, 5.74) is 0.677. The highest BCUT2D eigenvalue weighted by Gasteiger charge is 2.16. The van der Waals surface area contributed by atoms with Crippen LogP contribution >= 0.6 is 11.8 Å². The van der Waals surface area contributed by atoms with Gasteiger partial charge in [0.2, 0.25) is 11.8 Å². The van der Waals surface area contributed by atoms with Crippen molar-refractivity contribution in [3.8, 4) is 5.75 Å². The summed E-state index contributed by atoms with van der Waals surface area (Å²) in [4.78, 5) is 23.9. The first-order valence-corrected chi connectivity index (χ1v) is 8.32. The third kappa shape index (κ3) is 5.31. The van der Waals surface area contributed by atoms with Crippen molar-refractivity contribution in [1.82, 2.24) is 5.16 Å². The predicted molar refractivity (Wildman–Crippen MR) is 93.4 cm³/mol. The number of methoxy groups -OCH3 is 1. The minimum absolute atomic E-state index is 0.165. The SMILES string of the molecule is COc1ccc(NC(=O)CS[C@H](C)C(=O)Nc2cc(C)on2)cc1. The fourth-order valence-electron chi connectivity index (χ4n) is 1.80. The van der Waals surface area contributed by atoms with Gasteiger partial charge in [-0.15, -0.1) is 11.8 Å². The Balaban J connectivity index is 1.76. The number of aryl methyl sites for hydroxylation is 1. The van der Waals surface area contributed by atoms with Crippen LogP contribution in [-0.2, 0) is 9.59 Å². The summed E-state index contributed by atoms with van der Waals surface area (Å²) in [5.74, 6) is 1.46. The summed E-state index contributed by atoms with van der Waals surface area (Å²) in [6, 6.07) is 8.66. The predicted octanol–water partition coefficient (Wildman–Crippen LogP) is 2.69. The Morgan fingerprint density at radius 2 is 2.00 bits per heavy atom. The van der Waals surface area contributed by atoms with Gasteiger partial charge in [-0.25, -0.2) is 0 Å². The minimum Gasteiger partial charge on any atom is -0.497 e. The largest absolute Gasteiger partial charge is 0.497 e. The van der Waals surface area contributed by atoms with E-state index in [0.29, 0.717) is 17.3 Å². The first kappa shape index (κ1) is 17.9. The van der Waals surface area contributed by atoms with Crippen LogP contribution in [-0.4, -0.2) is 35.1 Å². The monoisotopic (exact) mass is 349 g/mol. The van der Waals surface area contributed by atoms with E-state index in [4.69, 9.17) is 9.26 Å². The van der Waals surface area contributed by atoms with Crippen molar-refractivity contribution in [2.75, 3.05) is 23.5 Å². The number of anilines is 2. The van der Waals surface area contributed by atoms with Crippen LogP contribution in [0.15, 0.2) is 34.9 Å². The van der Waals surface area contributed by atoms with E-state index < -0.39 is 5.25 Å². The van der Waals surface area contributed by atoms with Gasteiger partial charge in [0.25, 0.3) is 0 Å². The van der Waals surface area contributed by atoms with E-state index >= 15 is 0 Å². The maximum absolute atomic E-state index is 12.0. The molecule has 7 nitrogen and oxygen atoms in total. The molecule has 0 saturated carbocycles. The van der Waals surface area contributed by atoms with Crippen LogP contribution in [0.4, 0.5) is 11.5 Å². The van der Waals surface area contributed by atoms with Gasteiger partial charge < -0.3 is 19.9 Å². The van der Waals surface area contributed by atoms with Crippen LogP contribution in [0.25, 0.3) is 0 Å². The number of rotatable bonds is 7. The molecule has 0 aliphatic carbocycles. The van der Waals surface area contributed by atoms with Gasteiger partial charge in [0.1, 0.15) is 11.5 Å². The second-order valence-corrected chi connectivity index (χ2v) is 6.37. The number of carbonyl (C=O) groups is 2. The number of nitrogens with zero attached hydrogens (tertiary/aromatic N) is 1. The summed E-state index contributed by atoms with van der Waals surface area (Å²) < 4.78 is 9.94. The number of carbonyl (C=O) groups excluding carboxylic acids is 2. The maximum Gasteiger partial charge on any atom is 0.238 e. The zero-order valence-electron chi connectivity index (χ0n) is 13.7. The summed E-state index contributed by atoms with van der Waals surface area (Å²) in [6.45, 7) is 3.47. The van der Waals surface area contributed by atoms with Gasteiger partial charge in [0.05, 0.1) is 18.1 Å². The van der Waals surface area contributed by atoms with Crippen LogP contribution in [0.1, 0.15) is 12.7 Å². The smallest absolute Gasteiger partial charge is 0.238 e. The zero-order chi connectivity index (χ0) is 17.5. The van der Waals surface area contributed by atoms with E-state index in [1.54, 1.807) is 51.3 Å². The highest BCUT2D eigenvalue weighted by Crippen LogP contribution is 2.17. The van der Waals surface area contributed by atoms with Gasteiger partial charge in [-0.2, -0.15) is 0 Å². The lowest BCUT2D eigenvalue weighted by molar-refractivity contribution is -0.115. The molecule has 0 saturated heterocycles. The average Bonchev–Trinajstić information content (AvgIpc) is 2.98. The topological polar surface area (TPSA) is 93.5 Å². The van der Waals surface area contributed by atoms with Gasteiger partial charge in [-0.1, -0.05) is 5.16 Å². The number of hydrogen-bond acceptors (Lipinski definition) is 6. The molecule has 2 rings (SSSR count). The van der Waals surface area contributed by atoms with Crippen molar-refractivity contribution in [2.24, 2.45) is 0 Å². The molecule has 24 heavy (non-hydrogen) atoms. The molecule has 0 fully saturated rings. The number of ether oxygens (including phenoxy) is 1.